The first-order valence-corrected chi connectivity index (χ1v) is 13.8. The lowest BCUT2D eigenvalue weighted by molar-refractivity contribution is -0.187. The molecule has 2 heterocycles. The van der Waals surface area contributed by atoms with Crippen molar-refractivity contribution in [2.75, 3.05) is 30.0 Å². The summed E-state index contributed by atoms with van der Waals surface area (Å²) < 4.78 is 58.5. The third kappa shape index (κ3) is 7.67. The molecule has 0 unspecified atom stereocenters. The third-order valence-electron chi connectivity index (χ3n) is 6.14. The quantitative estimate of drug-likeness (QED) is 0.250. The van der Waals surface area contributed by atoms with Gasteiger partial charge in [0.25, 0.3) is 11.8 Å². The van der Waals surface area contributed by atoms with Gasteiger partial charge in [-0.1, -0.05) is 11.6 Å². The van der Waals surface area contributed by atoms with Gasteiger partial charge >= 0.3 is 12.1 Å². The Hall–Kier alpha value is -3.84. The van der Waals surface area contributed by atoms with Gasteiger partial charge in [-0.2, -0.15) is 13.2 Å². The zero-order valence-corrected chi connectivity index (χ0v) is 23.0. The van der Waals surface area contributed by atoms with Crippen LogP contribution in [0.25, 0.3) is 0 Å². The number of alkyl halides is 3. The van der Waals surface area contributed by atoms with Crippen molar-refractivity contribution in [3.8, 4) is 5.75 Å². The number of benzene rings is 2. The number of hydrogen-bond donors (Lipinski definition) is 2. The normalized spacial score (nSPS) is 14.0. The van der Waals surface area contributed by atoms with E-state index in [9.17, 15) is 31.9 Å². The van der Waals surface area contributed by atoms with E-state index in [1.165, 1.54) is 42.2 Å². The maximum atomic E-state index is 14.1. The summed E-state index contributed by atoms with van der Waals surface area (Å²) in [6.45, 7) is -0.299. The zero-order valence-electron chi connectivity index (χ0n) is 21.4. The van der Waals surface area contributed by atoms with E-state index in [0.29, 0.717) is 5.02 Å². The fourth-order valence-corrected chi connectivity index (χ4v) is 4.63. The average molecular weight is 611 g/mol. The number of thioether (sulfide) groups is 1. The van der Waals surface area contributed by atoms with Crippen molar-refractivity contribution in [2.45, 2.75) is 30.0 Å². The number of likely N-dealkylation sites (tertiary alicyclic amines) is 1. The molecule has 14 heteroatoms. The number of ether oxygens (including phenoxy) is 1. The predicted octanol–water partition coefficient (Wildman–Crippen LogP) is 6.03. The van der Waals surface area contributed by atoms with Crippen molar-refractivity contribution in [3.05, 3.63) is 76.7 Å². The number of nitrogens with one attached hydrogen (secondary N) is 2. The second-order valence-corrected chi connectivity index (χ2v) is 10.2. The van der Waals surface area contributed by atoms with E-state index in [1.54, 1.807) is 12.1 Å². The fraction of sp³-hybridized carbons (Fsp3) is 0.259. The molecule has 1 aromatic heterocycles. The molecule has 0 spiro atoms. The minimum atomic E-state index is -4.95. The summed E-state index contributed by atoms with van der Waals surface area (Å²) in [6.07, 6.45) is -2.09. The highest BCUT2D eigenvalue weighted by Crippen LogP contribution is 2.30. The van der Waals surface area contributed by atoms with Crippen LogP contribution >= 0.6 is 23.4 Å². The van der Waals surface area contributed by atoms with Crippen LogP contribution in [0, 0.1) is 5.82 Å². The van der Waals surface area contributed by atoms with Crippen LogP contribution in [0.4, 0.5) is 29.1 Å². The van der Waals surface area contributed by atoms with E-state index >= 15 is 0 Å². The Bertz CT molecular complexity index is 1450. The fourth-order valence-electron chi connectivity index (χ4n) is 4.09. The van der Waals surface area contributed by atoms with Gasteiger partial charge in [0.15, 0.2) is 0 Å². The highest BCUT2D eigenvalue weighted by molar-refractivity contribution is 7.98. The Morgan fingerprint density at radius 1 is 1.00 bits per heavy atom. The largest absolute Gasteiger partial charge is 0.489 e. The Morgan fingerprint density at radius 2 is 1.71 bits per heavy atom. The lowest BCUT2D eigenvalue weighted by Crippen LogP contribution is -2.47. The van der Waals surface area contributed by atoms with Gasteiger partial charge in [0.05, 0.1) is 21.8 Å². The number of anilines is 2. The molecule has 8 nitrogen and oxygen atoms in total. The SMILES string of the molecule is CSc1ccc(C(=O)Nc2ccc(F)cc2C(=O)Nc2ccc(Cl)cn2)c(OC2CCN(C(=O)C(F)(F)F)CC2)c1. The summed E-state index contributed by atoms with van der Waals surface area (Å²) in [6, 6.07) is 11.1. The molecule has 1 aliphatic heterocycles. The van der Waals surface area contributed by atoms with Gasteiger partial charge in [0.1, 0.15) is 23.5 Å². The van der Waals surface area contributed by atoms with Crippen LogP contribution < -0.4 is 15.4 Å². The molecule has 3 aromatic rings. The van der Waals surface area contributed by atoms with Gasteiger partial charge in [-0.05, 0) is 54.8 Å². The first kappa shape index (κ1) is 30.1. The number of carbonyl (C=O) groups is 3. The molecule has 0 atom stereocenters. The summed E-state index contributed by atoms with van der Waals surface area (Å²) >= 11 is 7.20. The van der Waals surface area contributed by atoms with Gasteiger partial charge < -0.3 is 20.3 Å². The number of piperidine rings is 1. The predicted molar refractivity (Wildman–Crippen MR) is 146 cm³/mol. The van der Waals surface area contributed by atoms with Gasteiger partial charge in [0, 0.05) is 37.0 Å². The number of rotatable bonds is 7. The molecule has 1 saturated heterocycles. The highest BCUT2D eigenvalue weighted by atomic mass is 35.5. The van der Waals surface area contributed by atoms with Gasteiger partial charge in [-0.3, -0.25) is 14.4 Å². The number of hydrogen-bond acceptors (Lipinski definition) is 6. The molecule has 0 bridgehead atoms. The third-order valence-corrected chi connectivity index (χ3v) is 7.09. The van der Waals surface area contributed by atoms with Gasteiger partial charge in [-0.15, -0.1) is 11.8 Å². The topological polar surface area (TPSA) is 101 Å². The number of aromatic nitrogens is 1. The Morgan fingerprint density at radius 3 is 2.34 bits per heavy atom. The Balaban J connectivity index is 1.52. The molecule has 4 rings (SSSR count). The van der Waals surface area contributed by atoms with E-state index < -0.39 is 35.8 Å². The number of carbonyl (C=O) groups excluding carboxylic acids is 3. The van der Waals surface area contributed by atoms with Crippen molar-refractivity contribution in [2.24, 2.45) is 0 Å². The summed E-state index contributed by atoms with van der Waals surface area (Å²) in [7, 11) is 0. The number of halogens is 5. The molecule has 0 aliphatic carbocycles. The van der Waals surface area contributed by atoms with Crippen molar-refractivity contribution in [1.82, 2.24) is 9.88 Å². The molecule has 1 aliphatic rings. The lowest BCUT2D eigenvalue weighted by atomic mass is 10.1. The summed E-state index contributed by atoms with van der Waals surface area (Å²) in [5.74, 6) is -3.67. The Kier molecular flexibility index (Phi) is 9.38. The van der Waals surface area contributed by atoms with E-state index in [2.05, 4.69) is 15.6 Å². The number of amides is 3. The maximum absolute atomic E-state index is 14.1. The zero-order chi connectivity index (χ0) is 29.7. The first-order chi connectivity index (χ1) is 19.4. The summed E-state index contributed by atoms with van der Waals surface area (Å²) in [4.78, 5) is 43.3. The van der Waals surface area contributed by atoms with Crippen LogP contribution in [0.3, 0.4) is 0 Å². The molecule has 216 valence electrons. The molecular formula is C27H23ClF4N4O4S. The van der Waals surface area contributed by atoms with Crippen molar-refractivity contribution < 1.29 is 36.7 Å². The van der Waals surface area contributed by atoms with Gasteiger partial charge in [-0.25, -0.2) is 9.37 Å². The van der Waals surface area contributed by atoms with E-state index in [0.717, 1.165) is 21.9 Å². The average Bonchev–Trinajstić information content (AvgIpc) is 2.94. The summed E-state index contributed by atoms with van der Waals surface area (Å²) in [5, 5.41) is 5.48. The Labute approximate surface area is 241 Å². The molecule has 2 aromatic carbocycles. The molecule has 2 N–H and O–H groups in total. The molecule has 1 fully saturated rings. The molecule has 0 saturated carbocycles. The minimum absolute atomic E-state index is 0.0155. The first-order valence-electron chi connectivity index (χ1n) is 12.2. The van der Waals surface area contributed by atoms with Crippen molar-refractivity contribution >= 4 is 52.6 Å². The van der Waals surface area contributed by atoms with Crippen molar-refractivity contribution in [1.29, 1.82) is 0 Å². The monoisotopic (exact) mass is 610 g/mol. The maximum Gasteiger partial charge on any atom is 0.471 e. The van der Waals surface area contributed by atoms with E-state index in [4.69, 9.17) is 16.3 Å². The van der Waals surface area contributed by atoms with Crippen LogP contribution in [-0.2, 0) is 4.79 Å². The molecular weight excluding hydrogens is 588 g/mol. The second kappa shape index (κ2) is 12.8. The van der Waals surface area contributed by atoms with Crippen LogP contribution in [0.15, 0.2) is 59.6 Å². The van der Waals surface area contributed by atoms with Crippen LogP contribution in [-0.4, -0.2) is 59.2 Å². The number of nitrogens with zero attached hydrogens (tertiary/aromatic N) is 2. The minimum Gasteiger partial charge on any atom is -0.489 e. The second-order valence-electron chi connectivity index (χ2n) is 8.93. The summed E-state index contributed by atoms with van der Waals surface area (Å²) in [5.41, 5.74) is -0.0617. The van der Waals surface area contributed by atoms with E-state index in [-0.39, 0.29) is 54.3 Å². The van der Waals surface area contributed by atoms with Crippen LogP contribution in [0.1, 0.15) is 33.6 Å². The molecule has 41 heavy (non-hydrogen) atoms. The van der Waals surface area contributed by atoms with Gasteiger partial charge in [0.2, 0.25) is 0 Å². The standard InChI is InChI=1S/C27H23ClF4N4O4S/c1-41-18-4-5-19(22(13-18)40-17-8-10-36(11-9-17)26(39)27(30,31)32)24(37)34-21-6-3-16(29)12-20(21)25(38)35-23-7-2-15(28)14-33-23/h2-7,12-14,17H,8-11H2,1H3,(H,34,37)(H,33,35,38). The molecule has 3 amide bonds. The van der Waals surface area contributed by atoms with Crippen LogP contribution in [0.2, 0.25) is 5.02 Å². The smallest absolute Gasteiger partial charge is 0.471 e. The van der Waals surface area contributed by atoms with Crippen molar-refractivity contribution in [3.63, 3.8) is 0 Å². The number of pyridine rings is 1. The highest BCUT2D eigenvalue weighted by Gasteiger charge is 2.43. The molecule has 0 radical (unpaired) electrons. The lowest BCUT2D eigenvalue weighted by Gasteiger charge is -2.32. The van der Waals surface area contributed by atoms with E-state index in [1.807, 2.05) is 6.26 Å². The van der Waals surface area contributed by atoms with Crippen LogP contribution in [0.5, 0.6) is 5.75 Å².